The predicted molar refractivity (Wildman–Crippen MR) is 95.2 cm³/mol. The van der Waals surface area contributed by atoms with Crippen molar-refractivity contribution in [3.8, 4) is 6.07 Å². The Hall–Kier alpha value is -2.94. The van der Waals surface area contributed by atoms with E-state index in [4.69, 9.17) is 0 Å². The highest BCUT2D eigenvalue weighted by molar-refractivity contribution is 6.14. The molecule has 0 saturated heterocycles. The van der Waals surface area contributed by atoms with Crippen molar-refractivity contribution in [2.45, 2.75) is 26.7 Å². The summed E-state index contributed by atoms with van der Waals surface area (Å²) < 4.78 is 3.50. The van der Waals surface area contributed by atoms with Crippen LogP contribution >= 0.6 is 0 Å². The van der Waals surface area contributed by atoms with Crippen LogP contribution in [0.5, 0.6) is 0 Å². The maximum Gasteiger partial charge on any atom is 0.185 e. The minimum atomic E-state index is -0.196. The topological polar surface area (TPSA) is 76.5 Å². The molecule has 2 aromatic rings. The molecule has 0 atom stereocenters. The van der Waals surface area contributed by atoms with Gasteiger partial charge in [0.25, 0.3) is 0 Å². The number of hydrogen-bond acceptors (Lipinski definition) is 4. The van der Waals surface area contributed by atoms with Crippen molar-refractivity contribution in [2.24, 2.45) is 20.0 Å². The van der Waals surface area contributed by atoms with E-state index in [1.807, 2.05) is 52.2 Å². The smallest absolute Gasteiger partial charge is 0.185 e. The van der Waals surface area contributed by atoms with Crippen LogP contribution < -0.4 is 0 Å². The number of ketones is 1. The van der Waals surface area contributed by atoms with Crippen molar-refractivity contribution in [3.05, 3.63) is 46.1 Å². The summed E-state index contributed by atoms with van der Waals surface area (Å²) in [6.45, 7) is 3.83. The molecule has 25 heavy (non-hydrogen) atoms. The first-order valence-electron chi connectivity index (χ1n) is 8.24. The highest BCUT2D eigenvalue weighted by Crippen LogP contribution is 2.32. The lowest BCUT2D eigenvalue weighted by Gasteiger charge is -2.20. The molecule has 0 N–H and O–H groups in total. The van der Waals surface area contributed by atoms with Gasteiger partial charge in [-0.15, -0.1) is 0 Å². The highest BCUT2D eigenvalue weighted by atomic mass is 16.1. The van der Waals surface area contributed by atoms with E-state index in [1.54, 1.807) is 9.36 Å². The molecule has 0 radical (unpaired) electrons. The van der Waals surface area contributed by atoms with Gasteiger partial charge >= 0.3 is 0 Å². The molecule has 0 bridgehead atoms. The van der Waals surface area contributed by atoms with Crippen molar-refractivity contribution in [3.63, 3.8) is 0 Å². The SMILES string of the molecule is Cc1cc(/C=C2/CC(C#N)C/C(=C/c3cc(C)nn3C)C2=O)n(C)n1. The highest BCUT2D eigenvalue weighted by Gasteiger charge is 2.28. The van der Waals surface area contributed by atoms with Gasteiger partial charge in [0.2, 0.25) is 0 Å². The molecule has 1 fully saturated rings. The van der Waals surface area contributed by atoms with Crippen molar-refractivity contribution >= 4 is 17.9 Å². The predicted octanol–water partition coefficient (Wildman–Crippen LogP) is 2.74. The molecule has 0 unspecified atom stereocenters. The maximum atomic E-state index is 12.9. The van der Waals surface area contributed by atoms with Gasteiger partial charge in [0.1, 0.15) is 0 Å². The van der Waals surface area contributed by atoms with Crippen LogP contribution in [0.25, 0.3) is 12.2 Å². The van der Waals surface area contributed by atoms with Crippen LogP contribution in [0.4, 0.5) is 0 Å². The number of nitriles is 1. The van der Waals surface area contributed by atoms with Crippen LogP contribution in [0.15, 0.2) is 23.3 Å². The second-order valence-corrected chi connectivity index (χ2v) is 6.57. The van der Waals surface area contributed by atoms with Crippen LogP contribution in [-0.2, 0) is 18.9 Å². The Kier molecular flexibility index (Phi) is 4.41. The third-order valence-electron chi connectivity index (χ3n) is 4.42. The number of nitrogens with zero attached hydrogens (tertiary/aromatic N) is 5. The summed E-state index contributed by atoms with van der Waals surface area (Å²) in [6, 6.07) is 6.19. The summed E-state index contributed by atoms with van der Waals surface area (Å²) in [4.78, 5) is 12.9. The Balaban J connectivity index is 2.01. The van der Waals surface area contributed by atoms with E-state index >= 15 is 0 Å². The van der Waals surface area contributed by atoms with Crippen molar-refractivity contribution in [1.29, 1.82) is 5.26 Å². The lowest BCUT2D eigenvalue weighted by atomic mass is 9.81. The molecule has 1 aliphatic carbocycles. The van der Waals surface area contributed by atoms with Gasteiger partial charge in [0.15, 0.2) is 5.78 Å². The summed E-state index contributed by atoms with van der Waals surface area (Å²) >= 11 is 0. The van der Waals surface area contributed by atoms with Gasteiger partial charge in [-0.3, -0.25) is 14.2 Å². The molecule has 128 valence electrons. The molecular weight excluding hydrogens is 314 g/mol. The molecular formula is C19H21N5O. The lowest BCUT2D eigenvalue weighted by Crippen LogP contribution is -2.19. The fourth-order valence-corrected chi connectivity index (χ4v) is 3.22. The molecule has 0 aliphatic heterocycles. The van der Waals surface area contributed by atoms with E-state index in [-0.39, 0.29) is 11.7 Å². The van der Waals surface area contributed by atoms with E-state index in [1.165, 1.54) is 0 Å². The molecule has 6 nitrogen and oxygen atoms in total. The van der Waals surface area contributed by atoms with E-state index < -0.39 is 0 Å². The Morgan fingerprint density at radius 1 is 1.04 bits per heavy atom. The fraction of sp³-hybridized carbons (Fsp3) is 0.368. The first-order chi connectivity index (χ1) is 11.9. The summed E-state index contributed by atoms with van der Waals surface area (Å²) in [7, 11) is 3.70. The number of aromatic nitrogens is 4. The van der Waals surface area contributed by atoms with Gasteiger partial charge in [-0.1, -0.05) is 0 Å². The molecule has 6 heteroatoms. The summed E-state index contributed by atoms with van der Waals surface area (Å²) in [5.74, 6) is -0.192. The van der Waals surface area contributed by atoms with Crippen molar-refractivity contribution < 1.29 is 4.79 Å². The summed E-state index contributed by atoms with van der Waals surface area (Å²) in [6.07, 6.45) is 4.66. The minimum absolute atomic E-state index is 0.00389. The minimum Gasteiger partial charge on any atom is -0.289 e. The van der Waals surface area contributed by atoms with Gasteiger partial charge in [0.05, 0.1) is 34.8 Å². The lowest BCUT2D eigenvalue weighted by molar-refractivity contribution is -0.113. The van der Waals surface area contributed by atoms with Crippen LogP contribution in [0.2, 0.25) is 0 Å². The van der Waals surface area contributed by atoms with Crippen LogP contribution in [-0.4, -0.2) is 25.3 Å². The zero-order chi connectivity index (χ0) is 18.1. The first-order valence-corrected chi connectivity index (χ1v) is 8.24. The zero-order valence-corrected chi connectivity index (χ0v) is 14.9. The quantitative estimate of drug-likeness (QED) is 0.791. The Morgan fingerprint density at radius 3 is 1.80 bits per heavy atom. The number of rotatable bonds is 2. The van der Waals surface area contributed by atoms with Gasteiger partial charge in [0, 0.05) is 25.2 Å². The molecule has 3 rings (SSSR count). The third kappa shape index (κ3) is 3.45. The van der Waals surface area contributed by atoms with Gasteiger partial charge < -0.3 is 0 Å². The van der Waals surface area contributed by atoms with Gasteiger partial charge in [-0.2, -0.15) is 15.5 Å². The molecule has 2 aromatic heterocycles. The van der Waals surface area contributed by atoms with Crippen LogP contribution in [0.1, 0.15) is 35.6 Å². The molecule has 1 aliphatic rings. The monoisotopic (exact) mass is 335 g/mol. The number of hydrogen-bond donors (Lipinski definition) is 0. The Bertz CT molecular complexity index is 867. The van der Waals surface area contributed by atoms with E-state index in [0.29, 0.717) is 24.0 Å². The van der Waals surface area contributed by atoms with Crippen LogP contribution in [0, 0.1) is 31.1 Å². The van der Waals surface area contributed by atoms with Crippen LogP contribution in [0.3, 0.4) is 0 Å². The maximum absolute atomic E-state index is 12.9. The third-order valence-corrected chi connectivity index (χ3v) is 4.42. The van der Waals surface area contributed by atoms with E-state index in [2.05, 4.69) is 16.3 Å². The Morgan fingerprint density at radius 2 is 1.48 bits per heavy atom. The zero-order valence-electron chi connectivity index (χ0n) is 14.9. The largest absolute Gasteiger partial charge is 0.289 e. The van der Waals surface area contributed by atoms with E-state index in [0.717, 1.165) is 22.8 Å². The normalized spacial score (nSPS) is 21.1. The standard InChI is InChI=1S/C19H21N5O/c1-12-5-17(23(3)21-12)9-15-7-14(11-20)8-16(19(15)25)10-18-6-13(2)22-24(18)4/h5-6,9-10,14H,7-8H2,1-4H3/b15-9-,16-10-. The first kappa shape index (κ1) is 16.9. The number of carbonyl (C=O) groups excluding carboxylic acids is 1. The summed E-state index contributed by atoms with van der Waals surface area (Å²) in [5, 5.41) is 18.0. The summed E-state index contributed by atoms with van der Waals surface area (Å²) in [5.41, 5.74) is 4.85. The van der Waals surface area contributed by atoms with Gasteiger partial charge in [-0.05, 0) is 51.0 Å². The molecule has 2 heterocycles. The second-order valence-electron chi connectivity index (χ2n) is 6.57. The number of Topliss-reactive ketones (excluding diaryl/α,β-unsaturated/α-hetero) is 1. The average molecular weight is 335 g/mol. The number of aryl methyl sites for hydroxylation is 4. The number of allylic oxidation sites excluding steroid dienone is 2. The average Bonchev–Trinajstić information content (AvgIpc) is 3.03. The molecule has 0 amide bonds. The van der Waals surface area contributed by atoms with E-state index in [9.17, 15) is 10.1 Å². The number of carbonyl (C=O) groups is 1. The fourth-order valence-electron chi connectivity index (χ4n) is 3.22. The molecule has 0 spiro atoms. The molecule has 0 aromatic carbocycles. The van der Waals surface area contributed by atoms with Crippen molar-refractivity contribution in [2.75, 3.05) is 0 Å². The second kappa shape index (κ2) is 6.52. The Labute approximate surface area is 147 Å². The van der Waals surface area contributed by atoms with Gasteiger partial charge in [-0.25, -0.2) is 0 Å². The van der Waals surface area contributed by atoms with Crippen molar-refractivity contribution in [1.82, 2.24) is 19.6 Å². The molecule has 1 saturated carbocycles.